The maximum atomic E-state index is 12.6. The molecule has 1 rings (SSSR count). The predicted molar refractivity (Wildman–Crippen MR) is 60.6 cm³/mol. The Morgan fingerprint density at radius 2 is 2.11 bits per heavy atom. The smallest absolute Gasteiger partial charge is 0.345 e. The Hall–Kier alpha value is -1.79. The molecule has 0 N–H and O–H groups in total. The standard InChI is InChI=1S/C11H14F3N3O/c1-4-17-8(5-6-9(18)16(2)3)7-15-10(17)11(12,13)14/h5-7H,4H2,1-3H3/b6-5+. The SMILES string of the molecule is CCn1c(/C=C/C(=O)N(C)C)cnc1C(F)(F)F. The summed E-state index contributed by atoms with van der Waals surface area (Å²) < 4.78 is 38.8. The number of imidazole rings is 1. The summed E-state index contributed by atoms with van der Waals surface area (Å²) in [7, 11) is 3.12. The van der Waals surface area contributed by atoms with Crippen molar-refractivity contribution >= 4 is 12.0 Å². The third kappa shape index (κ3) is 3.12. The quantitative estimate of drug-likeness (QED) is 0.781. The lowest BCUT2D eigenvalue weighted by molar-refractivity contribution is -0.147. The maximum Gasteiger partial charge on any atom is 0.449 e. The number of carbonyl (C=O) groups is 1. The van der Waals surface area contributed by atoms with Gasteiger partial charge in [0.05, 0.1) is 11.9 Å². The van der Waals surface area contributed by atoms with Gasteiger partial charge in [0.1, 0.15) is 0 Å². The molecule has 18 heavy (non-hydrogen) atoms. The Labute approximate surface area is 103 Å². The van der Waals surface area contributed by atoms with E-state index < -0.39 is 12.0 Å². The molecule has 4 nitrogen and oxygen atoms in total. The molecule has 0 aliphatic heterocycles. The van der Waals surface area contributed by atoms with Crippen molar-refractivity contribution in [2.75, 3.05) is 14.1 Å². The molecule has 0 aliphatic carbocycles. The predicted octanol–water partition coefficient (Wildman–Crippen LogP) is 2.02. The zero-order valence-electron chi connectivity index (χ0n) is 10.3. The van der Waals surface area contributed by atoms with Crippen LogP contribution < -0.4 is 0 Å². The van der Waals surface area contributed by atoms with Gasteiger partial charge in [-0.15, -0.1) is 0 Å². The van der Waals surface area contributed by atoms with Gasteiger partial charge < -0.3 is 9.47 Å². The van der Waals surface area contributed by atoms with Crippen LogP contribution in [0, 0.1) is 0 Å². The summed E-state index contributed by atoms with van der Waals surface area (Å²) in [6.07, 6.45) is -0.850. The highest BCUT2D eigenvalue weighted by atomic mass is 19.4. The Morgan fingerprint density at radius 1 is 1.50 bits per heavy atom. The van der Waals surface area contributed by atoms with E-state index in [9.17, 15) is 18.0 Å². The van der Waals surface area contributed by atoms with Gasteiger partial charge in [0.2, 0.25) is 11.7 Å². The number of carbonyl (C=O) groups excluding carboxylic acids is 1. The molecule has 1 heterocycles. The molecule has 0 aliphatic rings. The number of likely N-dealkylation sites (N-methyl/N-ethyl adjacent to an activating group) is 1. The lowest BCUT2D eigenvalue weighted by Crippen LogP contribution is -2.19. The molecule has 0 radical (unpaired) electrons. The summed E-state index contributed by atoms with van der Waals surface area (Å²) in [6.45, 7) is 1.71. The van der Waals surface area contributed by atoms with Crippen LogP contribution >= 0.6 is 0 Å². The fourth-order valence-corrected chi connectivity index (χ4v) is 1.39. The molecule has 0 fully saturated rings. The molecule has 7 heteroatoms. The summed E-state index contributed by atoms with van der Waals surface area (Å²) in [4.78, 5) is 16.0. The van der Waals surface area contributed by atoms with E-state index in [0.29, 0.717) is 0 Å². The number of aromatic nitrogens is 2. The van der Waals surface area contributed by atoms with Crippen LogP contribution in [0.25, 0.3) is 6.08 Å². The van der Waals surface area contributed by atoms with Crippen LogP contribution in [0.5, 0.6) is 0 Å². The summed E-state index contributed by atoms with van der Waals surface area (Å²) in [6, 6.07) is 0. The van der Waals surface area contributed by atoms with E-state index in [1.54, 1.807) is 21.0 Å². The molecular formula is C11H14F3N3O. The van der Waals surface area contributed by atoms with Crippen molar-refractivity contribution in [3.05, 3.63) is 23.8 Å². The number of hydrogen-bond acceptors (Lipinski definition) is 2. The van der Waals surface area contributed by atoms with Crippen molar-refractivity contribution in [2.24, 2.45) is 0 Å². The van der Waals surface area contributed by atoms with E-state index in [0.717, 1.165) is 10.8 Å². The second-order valence-corrected chi connectivity index (χ2v) is 3.81. The molecule has 1 aromatic heterocycles. The fraction of sp³-hybridized carbons (Fsp3) is 0.455. The zero-order valence-corrected chi connectivity index (χ0v) is 10.3. The minimum absolute atomic E-state index is 0.130. The number of alkyl halides is 3. The highest BCUT2D eigenvalue weighted by molar-refractivity contribution is 5.91. The Morgan fingerprint density at radius 3 is 2.56 bits per heavy atom. The van der Waals surface area contributed by atoms with Gasteiger partial charge in [-0.25, -0.2) is 4.98 Å². The van der Waals surface area contributed by atoms with Gasteiger partial charge in [-0.1, -0.05) is 0 Å². The van der Waals surface area contributed by atoms with Crippen molar-refractivity contribution in [1.29, 1.82) is 0 Å². The third-order valence-electron chi connectivity index (χ3n) is 2.29. The molecule has 0 saturated carbocycles. The summed E-state index contributed by atoms with van der Waals surface area (Å²) in [5.41, 5.74) is 0.250. The third-order valence-corrected chi connectivity index (χ3v) is 2.29. The van der Waals surface area contributed by atoms with Crippen LogP contribution in [0.2, 0.25) is 0 Å². The second kappa shape index (κ2) is 5.24. The summed E-state index contributed by atoms with van der Waals surface area (Å²) >= 11 is 0. The molecule has 1 aromatic rings. The highest BCUT2D eigenvalue weighted by Crippen LogP contribution is 2.29. The topological polar surface area (TPSA) is 38.1 Å². The first-order chi connectivity index (χ1) is 8.27. The fourth-order valence-electron chi connectivity index (χ4n) is 1.39. The molecule has 0 bridgehead atoms. The van der Waals surface area contributed by atoms with Crippen molar-refractivity contribution in [3.8, 4) is 0 Å². The minimum Gasteiger partial charge on any atom is -0.345 e. The van der Waals surface area contributed by atoms with Gasteiger partial charge in [-0.05, 0) is 13.0 Å². The largest absolute Gasteiger partial charge is 0.449 e. The Kier molecular flexibility index (Phi) is 4.15. The number of amides is 1. The van der Waals surface area contributed by atoms with Crippen LogP contribution in [0.4, 0.5) is 13.2 Å². The number of rotatable bonds is 3. The van der Waals surface area contributed by atoms with Gasteiger partial charge >= 0.3 is 6.18 Å². The van der Waals surface area contributed by atoms with Gasteiger partial charge in [-0.3, -0.25) is 4.79 Å². The molecule has 1 amide bonds. The molecule has 100 valence electrons. The lowest BCUT2D eigenvalue weighted by atomic mass is 10.3. The molecule has 0 aromatic carbocycles. The van der Waals surface area contributed by atoms with Gasteiger partial charge in [0.25, 0.3) is 0 Å². The molecule has 0 unspecified atom stereocenters. The maximum absolute atomic E-state index is 12.6. The van der Waals surface area contributed by atoms with E-state index in [-0.39, 0.29) is 18.1 Å². The van der Waals surface area contributed by atoms with Crippen molar-refractivity contribution in [2.45, 2.75) is 19.6 Å². The average molecular weight is 261 g/mol. The normalized spacial score (nSPS) is 12.1. The molecular weight excluding hydrogens is 247 g/mol. The highest BCUT2D eigenvalue weighted by Gasteiger charge is 2.36. The number of hydrogen-bond donors (Lipinski definition) is 0. The van der Waals surface area contributed by atoms with Crippen LogP contribution in [-0.4, -0.2) is 34.5 Å². The first kappa shape index (κ1) is 14.3. The van der Waals surface area contributed by atoms with E-state index >= 15 is 0 Å². The van der Waals surface area contributed by atoms with Gasteiger partial charge in [0, 0.05) is 26.7 Å². The van der Waals surface area contributed by atoms with Crippen LogP contribution in [0.15, 0.2) is 12.3 Å². The molecule has 0 atom stereocenters. The van der Waals surface area contributed by atoms with E-state index in [4.69, 9.17) is 0 Å². The van der Waals surface area contributed by atoms with Crippen molar-refractivity contribution < 1.29 is 18.0 Å². The zero-order chi connectivity index (χ0) is 13.9. The van der Waals surface area contributed by atoms with E-state index in [1.165, 1.54) is 17.1 Å². The van der Waals surface area contributed by atoms with E-state index in [1.807, 2.05) is 0 Å². The van der Waals surface area contributed by atoms with E-state index in [2.05, 4.69) is 4.98 Å². The molecule has 0 saturated heterocycles. The second-order valence-electron chi connectivity index (χ2n) is 3.81. The first-order valence-electron chi connectivity index (χ1n) is 5.29. The van der Waals surface area contributed by atoms with Gasteiger partial charge in [-0.2, -0.15) is 13.2 Å². The summed E-state index contributed by atoms with van der Waals surface area (Å²) in [5.74, 6) is -1.26. The van der Waals surface area contributed by atoms with Crippen molar-refractivity contribution in [3.63, 3.8) is 0 Å². The Balaban J connectivity index is 3.05. The van der Waals surface area contributed by atoms with Crippen molar-refractivity contribution in [1.82, 2.24) is 14.5 Å². The Bertz CT molecular complexity index is 461. The van der Waals surface area contributed by atoms with Crippen LogP contribution in [0.1, 0.15) is 18.4 Å². The number of halogens is 3. The first-order valence-corrected chi connectivity index (χ1v) is 5.29. The molecule has 0 spiro atoms. The van der Waals surface area contributed by atoms with Gasteiger partial charge in [0.15, 0.2) is 0 Å². The van der Waals surface area contributed by atoms with Crippen LogP contribution in [0.3, 0.4) is 0 Å². The lowest BCUT2D eigenvalue weighted by Gasteiger charge is -2.10. The number of nitrogens with zero attached hydrogens (tertiary/aromatic N) is 3. The van der Waals surface area contributed by atoms with Crippen LogP contribution in [-0.2, 0) is 17.5 Å². The average Bonchev–Trinajstić information content (AvgIpc) is 2.67. The monoisotopic (exact) mass is 261 g/mol. The minimum atomic E-state index is -4.49. The summed E-state index contributed by atoms with van der Waals surface area (Å²) in [5, 5.41) is 0.